The average Bonchev–Trinajstić information content (AvgIpc) is 3.37. The molecule has 0 amide bonds. The quantitative estimate of drug-likeness (QED) is 0.771. The number of hydrogen-bond donors (Lipinski definition) is 2. The van der Waals surface area contributed by atoms with Crippen molar-refractivity contribution in [2.45, 2.75) is 36.7 Å². The Morgan fingerprint density at radius 1 is 1.39 bits per heavy atom. The van der Waals surface area contributed by atoms with Gasteiger partial charge in [-0.05, 0) is 18.9 Å². The van der Waals surface area contributed by atoms with Crippen molar-refractivity contribution in [3.63, 3.8) is 0 Å². The third kappa shape index (κ3) is 3.50. The van der Waals surface area contributed by atoms with Gasteiger partial charge in [0.2, 0.25) is 0 Å². The first-order chi connectivity index (χ1) is 13.5. The van der Waals surface area contributed by atoms with Gasteiger partial charge in [-0.1, -0.05) is 12.5 Å². The molecular weight excluding hydrogens is 384 g/mol. The summed E-state index contributed by atoms with van der Waals surface area (Å²) in [5, 5.41) is 29.1. The Morgan fingerprint density at radius 3 is 2.96 bits per heavy atom. The maximum absolute atomic E-state index is 14.5. The van der Waals surface area contributed by atoms with E-state index in [9.17, 15) is 19.1 Å². The highest BCUT2D eigenvalue weighted by atomic mass is 32.2. The van der Waals surface area contributed by atoms with Crippen molar-refractivity contribution in [3.05, 3.63) is 58.7 Å². The number of hydrogen-bond acceptors (Lipinski definition) is 6. The Bertz CT molecular complexity index is 942. The standard InChI is InChI=1S/C19H19F2N5OS/c20-12-4-5-15(16(21)6-12)19(27,9-26-11-23-10-25-26)8-24-18-14(7-22)13-2-1-3-17(13)28-18/h4-6,10-11,13,17,24,27H,1-3,8-9H2. The fourth-order valence-electron chi connectivity index (χ4n) is 3.96. The summed E-state index contributed by atoms with van der Waals surface area (Å²) in [6.45, 7) is -0.127. The smallest absolute Gasteiger partial charge is 0.137 e. The number of aromatic nitrogens is 3. The lowest BCUT2D eigenvalue weighted by Crippen LogP contribution is -2.42. The molecule has 146 valence electrons. The Morgan fingerprint density at radius 2 is 2.25 bits per heavy atom. The molecule has 1 aliphatic heterocycles. The molecule has 2 aliphatic rings. The largest absolute Gasteiger partial charge is 0.381 e. The van der Waals surface area contributed by atoms with Crippen LogP contribution in [0.1, 0.15) is 24.8 Å². The molecule has 3 atom stereocenters. The second kappa shape index (κ2) is 7.53. The summed E-state index contributed by atoms with van der Waals surface area (Å²) >= 11 is 1.61. The van der Waals surface area contributed by atoms with Crippen LogP contribution in [0.4, 0.5) is 8.78 Å². The molecule has 6 nitrogen and oxygen atoms in total. The van der Waals surface area contributed by atoms with Crippen molar-refractivity contribution in [1.29, 1.82) is 5.26 Å². The van der Waals surface area contributed by atoms with Crippen molar-refractivity contribution in [1.82, 2.24) is 20.1 Å². The third-order valence-corrected chi connectivity index (χ3v) is 6.79. The normalized spacial score (nSPS) is 23.4. The maximum atomic E-state index is 14.5. The topological polar surface area (TPSA) is 86.8 Å². The number of nitrogens with one attached hydrogen (secondary N) is 1. The first-order valence-corrected chi connectivity index (χ1v) is 9.93. The maximum Gasteiger partial charge on any atom is 0.137 e. The number of allylic oxidation sites excluding steroid dienone is 1. The van der Waals surface area contributed by atoms with Crippen LogP contribution in [0.5, 0.6) is 0 Å². The highest BCUT2D eigenvalue weighted by molar-refractivity contribution is 8.03. The van der Waals surface area contributed by atoms with Crippen LogP contribution >= 0.6 is 11.8 Å². The Labute approximate surface area is 165 Å². The Hall–Kier alpha value is -2.44. The average molecular weight is 403 g/mol. The van der Waals surface area contributed by atoms with Gasteiger partial charge in [0.1, 0.15) is 29.9 Å². The molecule has 1 aromatic carbocycles. The molecule has 28 heavy (non-hydrogen) atoms. The van der Waals surface area contributed by atoms with Gasteiger partial charge in [0.15, 0.2) is 0 Å². The van der Waals surface area contributed by atoms with E-state index in [1.807, 2.05) is 0 Å². The van der Waals surface area contributed by atoms with Crippen molar-refractivity contribution in [2.75, 3.05) is 6.54 Å². The number of benzene rings is 1. The Kier molecular flexibility index (Phi) is 5.08. The van der Waals surface area contributed by atoms with E-state index in [0.717, 1.165) is 36.4 Å². The van der Waals surface area contributed by atoms with Crippen molar-refractivity contribution >= 4 is 11.8 Å². The number of aliphatic hydroxyl groups is 1. The lowest BCUT2D eigenvalue weighted by atomic mass is 9.92. The molecule has 2 aromatic rings. The second-order valence-electron chi connectivity index (χ2n) is 7.15. The number of fused-ring (bicyclic) bond motifs is 1. The molecule has 1 aliphatic carbocycles. The van der Waals surface area contributed by atoms with Crippen LogP contribution in [0, 0.1) is 28.9 Å². The van der Waals surface area contributed by atoms with Gasteiger partial charge in [0.25, 0.3) is 0 Å². The molecule has 2 N–H and O–H groups in total. The Balaban J connectivity index is 1.62. The zero-order valence-corrected chi connectivity index (χ0v) is 15.8. The third-order valence-electron chi connectivity index (χ3n) is 5.32. The van der Waals surface area contributed by atoms with Crippen LogP contribution in [-0.2, 0) is 12.1 Å². The molecular formula is C19H19F2N5OS. The molecule has 0 bridgehead atoms. The van der Waals surface area contributed by atoms with E-state index in [1.54, 1.807) is 11.8 Å². The number of nitrogens with zero attached hydrogens (tertiary/aromatic N) is 4. The number of halogens is 2. The highest BCUT2D eigenvalue weighted by Crippen LogP contribution is 2.49. The van der Waals surface area contributed by atoms with Crippen LogP contribution in [0.3, 0.4) is 0 Å². The van der Waals surface area contributed by atoms with Crippen LogP contribution in [-0.4, -0.2) is 31.7 Å². The molecule has 0 radical (unpaired) electrons. The summed E-state index contributed by atoms with van der Waals surface area (Å²) in [6, 6.07) is 5.38. The summed E-state index contributed by atoms with van der Waals surface area (Å²) in [7, 11) is 0. The molecule has 0 saturated heterocycles. The predicted molar refractivity (Wildman–Crippen MR) is 99.6 cm³/mol. The van der Waals surface area contributed by atoms with Crippen LogP contribution in [0.2, 0.25) is 0 Å². The lowest BCUT2D eigenvalue weighted by molar-refractivity contribution is 0.0147. The van der Waals surface area contributed by atoms with E-state index in [1.165, 1.54) is 23.4 Å². The first kappa shape index (κ1) is 18.9. The van der Waals surface area contributed by atoms with Crippen LogP contribution in [0.15, 0.2) is 41.5 Å². The lowest BCUT2D eigenvalue weighted by Gasteiger charge is -2.30. The molecule has 1 saturated carbocycles. The zero-order valence-electron chi connectivity index (χ0n) is 15.0. The van der Waals surface area contributed by atoms with E-state index >= 15 is 0 Å². The van der Waals surface area contributed by atoms with Gasteiger partial charge >= 0.3 is 0 Å². The fraction of sp³-hybridized carbons (Fsp3) is 0.421. The van der Waals surface area contributed by atoms with Gasteiger partial charge in [-0.15, -0.1) is 11.8 Å². The van der Waals surface area contributed by atoms with Crippen molar-refractivity contribution < 1.29 is 13.9 Å². The van der Waals surface area contributed by atoms with E-state index in [2.05, 4.69) is 21.5 Å². The van der Waals surface area contributed by atoms with Gasteiger partial charge < -0.3 is 10.4 Å². The number of rotatable bonds is 6. The summed E-state index contributed by atoms with van der Waals surface area (Å²) in [6.07, 6.45) is 5.89. The molecule has 1 fully saturated rings. The van der Waals surface area contributed by atoms with E-state index in [-0.39, 0.29) is 24.6 Å². The monoisotopic (exact) mass is 403 g/mol. The molecule has 4 rings (SSSR count). The predicted octanol–water partition coefficient (Wildman–Crippen LogP) is 2.68. The minimum absolute atomic E-state index is 0.0424. The van der Waals surface area contributed by atoms with Gasteiger partial charge in [0, 0.05) is 22.8 Å². The first-order valence-electron chi connectivity index (χ1n) is 9.05. The molecule has 9 heteroatoms. The van der Waals surface area contributed by atoms with Gasteiger partial charge in [-0.3, -0.25) is 0 Å². The summed E-state index contributed by atoms with van der Waals surface area (Å²) in [5.41, 5.74) is -1.05. The summed E-state index contributed by atoms with van der Waals surface area (Å²) in [5.74, 6) is -1.32. The SMILES string of the molecule is N#CC1=C(NCC(O)(Cn2cncn2)c2ccc(F)cc2F)SC2CCCC12. The number of thioether (sulfide) groups is 1. The van der Waals surface area contributed by atoms with Gasteiger partial charge in [-0.2, -0.15) is 10.4 Å². The fourth-order valence-corrected chi connectivity index (χ4v) is 5.47. The second-order valence-corrected chi connectivity index (χ2v) is 8.40. The molecule has 3 unspecified atom stereocenters. The zero-order chi connectivity index (χ0) is 19.7. The highest BCUT2D eigenvalue weighted by Gasteiger charge is 2.40. The van der Waals surface area contributed by atoms with Crippen molar-refractivity contribution in [2.24, 2.45) is 5.92 Å². The van der Waals surface area contributed by atoms with E-state index in [4.69, 9.17) is 0 Å². The summed E-state index contributed by atoms with van der Waals surface area (Å²) in [4.78, 5) is 3.85. The summed E-state index contributed by atoms with van der Waals surface area (Å²) < 4.78 is 29.2. The van der Waals surface area contributed by atoms with E-state index in [0.29, 0.717) is 10.8 Å². The minimum atomic E-state index is -1.71. The number of nitriles is 1. The molecule has 2 heterocycles. The van der Waals surface area contributed by atoms with Gasteiger partial charge in [-0.25, -0.2) is 18.4 Å². The minimum Gasteiger partial charge on any atom is -0.381 e. The van der Waals surface area contributed by atoms with Crippen LogP contribution in [0.25, 0.3) is 0 Å². The van der Waals surface area contributed by atoms with Gasteiger partial charge in [0.05, 0.1) is 29.8 Å². The van der Waals surface area contributed by atoms with E-state index < -0.39 is 17.2 Å². The molecule has 0 spiro atoms. The van der Waals surface area contributed by atoms with Crippen molar-refractivity contribution in [3.8, 4) is 6.07 Å². The molecule has 1 aromatic heterocycles. The van der Waals surface area contributed by atoms with Crippen LogP contribution < -0.4 is 5.32 Å².